The van der Waals surface area contributed by atoms with Crippen LogP contribution in [-0.2, 0) is 9.84 Å². The van der Waals surface area contributed by atoms with Crippen LogP contribution in [0, 0.1) is 6.92 Å². The Hall–Kier alpha value is -4.04. The van der Waals surface area contributed by atoms with Crippen molar-refractivity contribution < 1.29 is 8.42 Å². The van der Waals surface area contributed by atoms with Gasteiger partial charge < -0.3 is 5.73 Å². The van der Waals surface area contributed by atoms with Gasteiger partial charge in [0.1, 0.15) is 16.2 Å². The summed E-state index contributed by atoms with van der Waals surface area (Å²) in [6.07, 6.45) is 1.62. The summed E-state index contributed by atoms with van der Waals surface area (Å²) in [5.41, 5.74) is 10.0. The highest BCUT2D eigenvalue weighted by Gasteiger charge is 2.30. The molecule has 0 atom stereocenters. The number of benzene rings is 3. The molecule has 0 aliphatic carbocycles. The van der Waals surface area contributed by atoms with Gasteiger partial charge >= 0.3 is 0 Å². The van der Waals surface area contributed by atoms with Gasteiger partial charge in [0.05, 0.1) is 22.1 Å². The van der Waals surface area contributed by atoms with Crippen molar-refractivity contribution in [2.24, 2.45) is 5.10 Å². The number of anilines is 1. The Labute approximate surface area is 184 Å². The fourth-order valence-corrected chi connectivity index (χ4v) is 5.00. The number of hydrogen-bond donors (Lipinski definition) is 1. The molecule has 2 aromatic heterocycles. The highest BCUT2D eigenvalue weighted by molar-refractivity contribution is 7.92. The van der Waals surface area contributed by atoms with Crippen LogP contribution in [0.25, 0.3) is 22.2 Å². The molecule has 0 amide bonds. The van der Waals surface area contributed by atoms with Gasteiger partial charge in [-0.3, -0.25) is 0 Å². The Morgan fingerprint density at radius 1 is 0.875 bits per heavy atom. The van der Waals surface area contributed by atoms with Crippen molar-refractivity contribution in [2.75, 3.05) is 5.73 Å². The molecule has 2 N–H and O–H groups in total. The predicted octanol–water partition coefficient (Wildman–Crippen LogP) is 4.19. The van der Waals surface area contributed by atoms with Gasteiger partial charge in [-0.1, -0.05) is 60.2 Å². The lowest BCUT2D eigenvalue weighted by Gasteiger charge is -2.04. The lowest BCUT2D eigenvalue weighted by Crippen LogP contribution is -2.06. The largest absolute Gasteiger partial charge is 0.382 e. The highest BCUT2D eigenvalue weighted by atomic mass is 32.2. The van der Waals surface area contributed by atoms with Crippen LogP contribution in [0.5, 0.6) is 0 Å². The number of sulfone groups is 1. The predicted molar refractivity (Wildman–Crippen MR) is 126 cm³/mol. The van der Waals surface area contributed by atoms with E-state index in [1.54, 1.807) is 30.5 Å². The molecule has 158 valence electrons. The Kier molecular flexibility index (Phi) is 4.71. The molecular formula is C24H19N5O2S. The lowest BCUT2D eigenvalue weighted by molar-refractivity contribution is 0.597. The smallest absolute Gasteiger partial charge is 0.212 e. The molecule has 0 saturated carbocycles. The molecule has 0 spiro atoms. The van der Waals surface area contributed by atoms with Gasteiger partial charge in [0.25, 0.3) is 0 Å². The Bertz CT molecular complexity index is 1590. The number of para-hydroxylation sites is 2. The van der Waals surface area contributed by atoms with Gasteiger partial charge in [-0.05, 0) is 36.8 Å². The third-order valence-electron chi connectivity index (χ3n) is 5.15. The fraction of sp³-hybridized carbons (Fsp3) is 0.0417. The van der Waals surface area contributed by atoms with Crippen LogP contribution < -0.4 is 5.73 Å². The molecular weight excluding hydrogens is 422 g/mol. The molecule has 32 heavy (non-hydrogen) atoms. The van der Waals surface area contributed by atoms with Gasteiger partial charge in [0.15, 0.2) is 5.65 Å². The molecule has 0 unspecified atom stereocenters. The average Bonchev–Trinajstić information content (AvgIpc) is 3.08. The van der Waals surface area contributed by atoms with E-state index < -0.39 is 9.84 Å². The molecule has 8 heteroatoms. The van der Waals surface area contributed by atoms with Crippen LogP contribution >= 0.6 is 0 Å². The van der Waals surface area contributed by atoms with E-state index in [-0.39, 0.29) is 26.8 Å². The number of nitrogen functional groups attached to an aromatic ring is 1. The van der Waals surface area contributed by atoms with E-state index in [0.717, 1.165) is 11.1 Å². The summed E-state index contributed by atoms with van der Waals surface area (Å²) in [5.74, 6) is -0.0393. The third kappa shape index (κ3) is 3.30. The van der Waals surface area contributed by atoms with E-state index in [1.165, 1.54) is 16.8 Å². The summed E-state index contributed by atoms with van der Waals surface area (Å²) in [4.78, 5) is 9.27. The first kappa shape index (κ1) is 19.9. The summed E-state index contributed by atoms with van der Waals surface area (Å²) in [6.45, 7) is 2.00. The van der Waals surface area contributed by atoms with Crippen LogP contribution in [0.2, 0.25) is 0 Å². The van der Waals surface area contributed by atoms with Crippen molar-refractivity contribution in [2.45, 2.75) is 16.7 Å². The van der Waals surface area contributed by atoms with Crippen molar-refractivity contribution in [1.29, 1.82) is 0 Å². The highest BCUT2D eigenvalue weighted by Crippen LogP contribution is 2.35. The maximum Gasteiger partial charge on any atom is 0.212 e. The van der Waals surface area contributed by atoms with Crippen molar-refractivity contribution >= 4 is 44.1 Å². The van der Waals surface area contributed by atoms with Crippen molar-refractivity contribution in [3.63, 3.8) is 0 Å². The molecule has 0 bridgehead atoms. The molecule has 0 aliphatic heterocycles. The third-order valence-corrected chi connectivity index (χ3v) is 6.98. The van der Waals surface area contributed by atoms with Gasteiger partial charge in [-0.25, -0.2) is 18.4 Å². The standard InChI is InChI=1S/C24H19N5O2S/c1-16-11-13-17(14-12-16)15-26-29-23(25)22(32(30,31)18-7-3-2-4-8-18)21-24(29)28-20-10-6-5-9-19(20)27-21/h2-15H,25H2,1H3/b26-15-. The first-order chi connectivity index (χ1) is 15.4. The summed E-state index contributed by atoms with van der Waals surface area (Å²) in [7, 11) is -3.95. The van der Waals surface area contributed by atoms with E-state index in [9.17, 15) is 8.42 Å². The zero-order valence-corrected chi connectivity index (χ0v) is 18.0. The minimum absolute atomic E-state index is 0.0393. The number of rotatable bonds is 4. The second-order valence-corrected chi connectivity index (χ2v) is 9.27. The number of aromatic nitrogens is 3. The normalized spacial score (nSPS) is 12.2. The topological polar surface area (TPSA) is 103 Å². The summed E-state index contributed by atoms with van der Waals surface area (Å²) >= 11 is 0. The van der Waals surface area contributed by atoms with E-state index in [1.807, 2.05) is 49.4 Å². The van der Waals surface area contributed by atoms with Crippen molar-refractivity contribution in [3.8, 4) is 0 Å². The maximum absolute atomic E-state index is 13.5. The Morgan fingerprint density at radius 2 is 1.50 bits per heavy atom. The number of hydrogen-bond acceptors (Lipinski definition) is 6. The summed E-state index contributed by atoms with van der Waals surface area (Å²) < 4.78 is 28.4. The van der Waals surface area contributed by atoms with Gasteiger partial charge in [0, 0.05) is 0 Å². The van der Waals surface area contributed by atoms with Crippen LogP contribution in [0.4, 0.5) is 5.82 Å². The number of nitrogens with zero attached hydrogens (tertiary/aromatic N) is 4. The monoisotopic (exact) mass is 441 g/mol. The Morgan fingerprint density at radius 3 is 2.19 bits per heavy atom. The Balaban J connectivity index is 1.79. The minimum atomic E-state index is -3.95. The SMILES string of the molecule is Cc1ccc(/C=N\n2c(N)c(S(=O)(=O)c3ccccc3)c3nc4ccccc4nc32)cc1. The molecule has 0 fully saturated rings. The maximum atomic E-state index is 13.5. The molecule has 0 radical (unpaired) electrons. The number of nitrogens with two attached hydrogens (primary N) is 1. The molecule has 5 rings (SSSR count). The van der Waals surface area contributed by atoms with Crippen LogP contribution in [0.15, 0.2) is 93.8 Å². The average molecular weight is 442 g/mol. The van der Waals surface area contributed by atoms with Gasteiger partial charge in [-0.15, -0.1) is 0 Å². The van der Waals surface area contributed by atoms with E-state index in [4.69, 9.17) is 5.73 Å². The summed E-state index contributed by atoms with van der Waals surface area (Å²) in [6, 6.07) is 23.2. The van der Waals surface area contributed by atoms with E-state index in [2.05, 4.69) is 15.1 Å². The van der Waals surface area contributed by atoms with E-state index >= 15 is 0 Å². The quantitative estimate of drug-likeness (QED) is 0.421. The number of aryl methyl sites for hydroxylation is 1. The second-order valence-electron chi connectivity index (χ2n) is 7.38. The zero-order valence-electron chi connectivity index (χ0n) is 17.2. The van der Waals surface area contributed by atoms with Crippen LogP contribution in [0.3, 0.4) is 0 Å². The fourth-order valence-electron chi connectivity index (χ4n) is 3.50. The van der Waals surface area contributed by atoms with Crippen LogP contribution in [0.1, 0.15) is 11.1 Å². The number of fused-ring (bicyclic) bond motifs is 2. The lowest BCUT2D eigenvalue weighted by atomic mass is 10.2. The molecule has 3 aromatic carbocycles. The summed E-state index contributed by atoms with van der Waals surface area (Å²) in [5, 5.41) is 4.47. The van der Waals surface area contributed by atoms with Crippen molar-refractivity contribution in [3.05, 3.63) is 90.0 Å². The molecule has 0 saturated heterocycles. The molecule has 0 aliphatic rings. The second kappa shape index (κ2) is 7.58. The first-order valence-electron chi connectivity index (χ1n) is 9.93. The first-order valence-corrected chi connectivity index (χ1v) is 11.4. The van der Waals surface area contributed by atoms with Gasteiger partial charge in [-0.2, -0.15) is 9.78 Å². The minimum Gasteiger partial charge on any atom is -0.382 e. The van der Waals surface area contributed by atoms with E-state index in [0.29, 0.717) is 11.0 Å². The van der Waals surface area contributed by atoms with Crippen LogP contribution in [-0.4, -0.2) is 29.3 Å². The zero-order chi connectivity index (χ0) is 22.3. The molecule has 5 aromatic rings. The molecule has 7 nitrogen and oxygen atoms in total. The van der Waals surface area contributed by atoms with Gasteiger partial charge in [0.2, 0.25) is 9.84 Å². The molecule has 2 heterocycles. The van der Waals surface area contributed by atoms with Crippen molar-refractivity contribution in [1.82, 2.24) is 14.6 Å².